The van der Waals surface area contributed by atoms with Gasteiger partial charge in [0.05, 0.1) is 6.20 Å². The van der Waals surface area contributed by atoms with Crippen LogP contribution in [0, 0.1) is 0 Å². The van der Waals surface area contributed by atoms with E-state index in [0.717, 1.165) is 6.42 Å². The summed E-state index contributed by atoms with van der Waals surface area (Å²) < 4.78 is 12.2. The van der Waals surface area contributed by atoms with Crippen LogP contribution >= 0.6 is 0 Å². The van der Waals surface area contributed by atoms with E-state index in [1.807, 2.05) is 13.8 Å². The van der Waals surface area contributed by atoms with Crippen molar-refractivity contribution in [3.63, 3.8) is 0 Å². The molecule has 0 radical (unpaired) electrons. The van der Waals surface area contributed by atoms with Crippen molar-refractivity contribution in [2.45, 2.75) is 39.5 Å². The highest BCUT2D eigenvalue weighted by Gasteiger charge is 2.27. The van der Waals surface area contributed by atoms with Gasteiger partial charge in [0.15, 0.2) is 0 Å². The minimum atomic E-state index is -0.586. The molecule has 2 rings (SSSR count). The second-order valence-electron chi connectivity index (χ2n) is 4.63. The molecule has 1 aliphatic heterocycles. The molecule has 8 nitrogen and oxygen atoms in total. The predicted molar refractivity (Wildman–Crippen MR) is 72.0 cm³/mol. The van der Waals surface area contributed by atoms with Crippen LogP contribution in [0.15, 0.2) is 6.20 Å². The second kappa shape index (κ2) is 7.28. The van der Waals surface area contributed by atoms with Gasteiger partial charge in [0.1, 0.15) is 12.2 Å². The third-order valence-electron chi connectivity index (χ3n) is 3.11. The minimum Gasteiger partial charge on any atom is -0.347 e. The highest BCUT2D eigenvalue weighted by atomic mass is 16.7. The van der Waals surface area contributed by atoms with Crippen LogP contribution in [0.2, 0.25) is 0 Å². The van der Waals surface area contributed by atoms with Crippen molar-refractivity contribution in [2.24, 2.45) is 0 Å². The van der Waals surface area contributed by atoms with Gasteiger partial charge in [0.25, 0.3) is 5.91 Å². The molecular weight excluding hydrogens is 276 g/mol. The van der Waals surface area contributed by atoms with Crippen molar-refractivity contribution >= 4 is 11.8 Å². The number of carbonyl (C=O) groups excluding carboxylic acids is 2. The quantitative estimate of drug-likeness (QED) is 0.681. The van der Waals surface area contributed by atoms with E-state index in [1.54, 1.807) is 6.20 Å². The lowest BCUT2D eigenvalue weighted by Gasteiger charge is -2.14. The third kappa shape index (κ3) is 3.85. The maximum absolute atomic E-state index is 12.0. The summed E-state index contributed by atoms with van der Waals surface area (Å²) in [5.41, 5.74) is 0.513. The zero-order chi connectivity index (χ0) is 15.2. The van der Waals surface area contributed by atoms with Crippen LogP contribution in [-0.4, -0.2) is 51.5 Å². The van der Waals surface area contributed by atoms with E-state index in [9.17, 15) is 9.59 Å². The van der Waals surface area contributed by atoms with E-state index in [0.29, 0.717) is 31.9 Å². The van der Waals surface area contributed by atoms with Crippen molar-refractivity contribution in [3.8, 4) is 0 Å². The number of imide groups is 1. The molecule has 0 aromatic carbocycles. The zero-order valence-corrected chi connectivity index (χ0v) is 12.3. The Labute approximate surface area is 123 Å². The molecule has 0 spiro atoms. The molecule has 21 heavy (non-hydrogen) atoms. The molecule has 8 heteroatoms. The van der Waals surface area contributed by atoms with Crippen LogP contribution in [0.3, 0.4) is 0 Å². The molecular formula is C13H20N4O4. The van der Waals surface area contributed by atoms with E-state index in [2.05, 4.69) is 10.3 Å². The van der Waals surface area contributed by atoms with Gasteiger partial charge in [-0.15, -0.1) is 5.10 Å². The Balaban J connectivity index is 1.98. The molecule has 2 amide bonds. The van der Waals surface area contributed by atoms with Gasteiger partial charge in [0.2, 0.25) is 12.2 Å². The second-order valence-corrected chi connectivity index (χ2v) is 4.63. The van der Waals surface area contributed by atoms with Crippen LogP contribution < -0.4 is 0 Å². The molecule has 0 bridgehead atoms. The number of nitrogens with zero attached hydrogens (tertiary/aromatic N) is 4. The SMILES string of the molecule is CCOC(OCC)c1cn(CC(=O)N2CCCC2=O)nn1. The Hall–Kier alpha value is -1.80. The first-order valence-corrected chi connectivity index (χ1v) is 7.12. The number of rotatable bonds is 7. The Morgan fingerprint density at radius 1 is 1.38 bits per heavy atom. The fourth-order valence-corrected chi connectivity index (χ4v) is 2.16. The number of carbonyl (C=O) groups is 2. The number of hydrogen-bond acceptors (Lipinski definition) is 6. The van der Waals surface area contributed by atoms with E-state index >= 15 is 0 Å². The first kappa shape index (κ1) is 15.6. The van der Waals surface area contributed by atoms with Crippen LogP contribution in [0.25, 0.3) is 0 Å². The Kier molecular flexibility index (Phi) is 5.40. The molecule has 1 aromatic rings. The molecule has 0 unspecified atom stereocenters. The van der Waals surface area contributed by atoms with Crippen molar-refractivity contribution in [3.05, 3.63) is 11.9 Å². The molecule has 0 N–H and O–H groups in total. The summed E-state index contributed by atoms with van der Waals surface area (Å²) in [6, 6.07) is 0. The normalized spacial score (nSPS) is 15.2. The fourth-order valence-electron chi connectivity index (χ4n) is 2.16. The van der Waals surface area contributed by atoms with Crippen LogP contribution in [0.1, 0.15) is 38.7 Å². The number of ether oxygens (including phenoxy) is 2. The van der Waals surface area contributed by atoms with Crippen molar-refractivity contribution < 1.29 is 19.1 Å². The molecule has 0 aliphatic carbocycles. The monoisotopic (exact) mass is 296 g/mol. The average Bonchev–Trinajstić information content (AvgIpc) is 3.07. The van der Waals surface area contributed by atoms with Gasteiger partial charge in [-0.25, -0.2) is 4.68 Å². The van der Waals surface area contributed by atoms with Crippen LogP contribution in [-0.2, 0) is 25.6 Å². The number of aromatic nitrogens is 3. The lowest BCUT2D eigenvalue weighted by atomic mass is 10.4. The summed E-state index contributed by atoms with van der Waals surface area (Å²) >= 11 is 0. The highest BCUT2D eigenvalue weighted by Crippen LogP contribution is 2.16. The minimum absolute atomic E-state index is 0.0102. The number of hydrogen-bond donors (Lipinski definition) is 0. The first-order chi connectivity index (χ1) is 10.2. The average molecular weight is 296 g/mol. The van der Waals surface area contributed by atoms with Gasteiger partial charge in [-0.2, -0.15) is 0 Å². The number of amides is 2. The van der Waals surface area contributed by atoms with E-state index in [4.69, 9.17) is 9.47 Å². The van der Waals surface area contributed by atoms with Crippen molar-refractivity contribution in [2.75, 3.05) is 19.8 Å². The van der Waals surface area contributed by atoms with Gasteiger partial charge in [-0.3, -0.25) is 14.5 Å². The van der Waals surface area contributed by atoms with Gasteiger partial charge in [-0.05, 0) is 20.3 Å². The standard InChI is InChI=1S/C13H20N4O4/c1-3-20-13(21-4-2)10-8-16(15-14-10)9-12(19)17-7-5-6-11(17)18/h8,13H,3-7,9H2,1-2H3. The molecule has 0 saturated carbocycles. The number of likely N-dealkylation sites (tertiary alicyclic amines) is 1. The van der Waals surface area contributed by atoms with Crippen molar-refractivity contribution in [1.82, 2.24) is 19.9 Å². The van der Waals surface area contributed by atoms with Gasteiger partial charge < -0.3 is 9.47 Å². The zero-order valence-electron chi connectivity index (χ0n) is 12.3. The molecule has 1 aromatic heterocycles. The lowest BCUT2D eigenvalue weighted by molar-refractivity contribution is -0.143. The third-order valence-corrected chi connectivity index (χ3v) is 3.11. The van der Waals surface area contributed by atoms with Crippen molar-refractivity contribution in [1.29, 1.82) is 0 Å². The van der Waals surface area contributed by atoms with Crippen LogP contribution in [0.4, 0.5) is 0 Å². The predicted octanol–water partition coefficient (Wildman–Crippen LogP) is 0.499. The Morgan fingerprint density at radius 2 is 2.10 bits per heavy atom. The van der Waals surface area contributed by atoms with Gasteiger partial charge in [0, 0.05) is 26.2 Å². The fraction of sp³-hybridized carbons (Fsp3) is 0.692. The Morgan fingerprint density at radius 3 is 2.67 bits per heavy atom. The topological polar surface area (TPSA) is 86.5 Å². The Bertz CT molecular complexity index is 496. The molecule has 0 atom stereocenters. The maximum Gasteiger partial charge on any atom is 0.250 e. The summed E-state index contributed by atoms with van der Waals surface area (Å²) in [5, 5.41) is 7.85. The van der Waals surface area contributed by atoms with Crippen LogP contribution in [0.5, 0.6) is 0 Å². The highest BCUT2D eigenvalue weighted by molar-refractivity contribution is 5.96. The van der Waals surface area contributed by atoms with E-state index in [-0.39, 0.29) is 18.4 Å². The summed E-state index contributed by atoms with van der Waals surface area (Å²) in [6.07, 6.45) is 2.18. The summed E-state index contributed by atoms with van der Waals surface area (Å²) in [5.74, 6) is -0.389. The molecule has 1 saturated heterocycles. The van der Waals surface area contributed by atoms with E-state index < -0.39 is 6.29 Å². The molecule has 2 heterocycles. The largest absolute Gasteiger partial charge is 0.347 e. The maximum atomic E-state index is 12.0. The lowest BCUT2D eigenvalue weighted by Crippen LogP contribution is -2.34. The molecule has 1 fully saturated rings. The smallest absolute Gasteiger partial charge is 0.250 e. The van der Waals surface area contributed by atoms with Gasteiger partial charge >= 0.3 is 0 Å². The van der Waals surface area contributed by atoms with Gasteiger partial charge in [-0.1, -0.05) is 5.21 Å². The summed E-state index contributed by atoms with van der Waals surface area (Å²) in [7, 11) is 0. The molecule has 1 aliphatic rings. The summed E-state index contributed by atoms with van der Waals surface area (Å²) in [4.78, 5) is 24.8. The first-order valence-electron chi connectivity index (χ1n) is 7.12. The summed E-state index contributed by atoms with van der Waals surface area (Å²) in [6.45, 7) is 5.17. The van der Waals surface area contributed by atoms with E-state index in [1.165, 1.54) is 9.58 Å². The molecule has 116 valence electrons.